The largest absolute Gasteiger partial charge is 0.416 e. The number of piperazine rings is 1. The zero-order chi connectivity index (χ0) is 29.9. The molecule has 6 nitrogen and oxygen atoms in total. The number of carbonyl (C=O) groups excluding carboxylic acids is 2. The number of nitrogens with zero attached hydrogens (tertiary/aromatic N) is 3. The van der Waals surface area contributed by atoms with E-state index in [-0.39, 0.29) is 35.9 Å². The molecule has 2 fully saturated rings. The first-order valence-corrected chi connectivity index (χ1v) is 13.5. The Balaban J connectivity index is 1.49. The molecular formula is C29H33F6N3O3. The molecular weight excluding hydrogens is 552 g/mol. The van der Waals surface area contributed by atoms with Gasteiger partial charge in [-0.25, -0.2) is 0 Å². The molecule has 0 aromatic heterocycles. The second kappa shape index (κ2) is 12.4. The molecule has 2 aromatic carbocycles. The molecule has 2 aromatic rings. The summed E-state index contributed by atoms with van der Waals surface area (Å²) in [6.45, 7) is 6.05. The van der Waals surface area contributed by atoms with Gasteiger partial charge in [-0.2, -0.15) is 26.3 Å². The van der Waals surface area contributed by atoms with E-state index in [1.54, 1.807) is 9.80 Å². The third-order valence-electron chi connectivity index (χ3n) is 7.76. The van der Waals surface area contributed by atoms with Gasteiger partial charge in [-0.1, -0.05) is 30.3 Å². The van der Waals surface area contributed by atoms with Crippen LogP contribution in [0.1, 0.15) is 54.5 Å². The maximum Gasteiger partial charge on any atom is 0.416 e. The highest BCUT2D eigenvalue weighted by Gasteiger charge is 2.39. The normalized spacial score (nSPS) is 21.6. The summed E-state index contributed by atoms with van der Waals surface area (Å²) < 4.78 is 86.7. The van der Waals surface area contributed by atoms with Crippen molar-refractivity contribution in [3.05, 3.63) is 70.8 Å². The molecule has 0 radical (unpaired) electrons. The van der Waals surface area contributed by atoms with E-state index in [1.807, 2.05) is 35.2 Å². The first-order chi connectivity index (χ1) is 19.2. The molecule has 4 rings (SSSR count). The maximum absolute atomic E-state index is 13.4. The minimum atomic E-state index is -4.95. The lowest BCUT2D eigenvalue weighted by atomic mass is 9.87. The Hall–Kier alpha value is -3.12. The second-order valence-corrected chi connectivity index (χ2v) is 10.6. The van der Waals surface area contributed by atoms with E-state index in [9.17, 15) is 35.9 Å². The number of ether oxygens (including phenoxy) is 1. The van der Waals surface area contributed by atoms with Crippen molar-refractivity contribution < 1.29 is 40.7 Å². The topological polar surface area (TPSA) is 53.1 Å². The summed E-state index contributed by atoms with van der Waals surface area (Å²) in [5.41, 5.74) is -2.14. The highest BCUT2D eigenvalue weighted by atomic mass is 19.4. The number of rotatable bonds is 6. The molecule has 224 valence electrons. The molecule has 12 heteroatoms. The van der Waals surface area contributed by atoms with Gasteiger partial charge < -0.3 is 14.5 Å². The number of hydrogen-bond acceptors (Lipinski definition) is 4. The molecule has 2 aliphatic heterocycles. The van der Waals surface area contributed by atoms with Crippen molar-refractivity contribution in [2.75, 3.05) is 45.8 Å². The van der Waals surface area contributed by atoms with Gasteiger partial charge in [-0.05, 0) is 42.7 Å². The maximum atomic E-state index is 13.4. The summed E-state index contributed by atoms with van der Waals surface area (Å²) in [7, 11) is 0. The van der Waals surface area contributed by atoms with E-state index in [1.165, 1.54) is 13.8 Å². The summed E-state index contributed by atoms with van der Waals surface area (Å²) in [5.74, 6) is -0.419. The summed E-state index contributed by atoms with van der Waals surface area (Å²) in [5, 5.41) is 0. The van der Waals surface area contributed by atoms with E-state index in [0.717, 1.165) is 5.56 Å². The third-order valence-corrected chi connectivity index (χ3v) is 7.76. The number of alkyl halides is 6. The lowest BCUT2D eigenvalue weighted by Gasteiger charge is -2.41. The van der Waals surface area contributed by atoms with Crippen LogP contribution in [0.3, 0.4) is 0 Å². The zero-order valence-electron chi connectivity index (χ0n) is 22.8. The van der Waals surface area contributed by atoms with E-state index in [4.69, 9.17) is 4.74 Å². The molecule has 0 saturated carbocycles. The Labute approximate surface area is 234 Å². The summed E-state index contributed by atoms with van der Waals surface area (Å²) in [6.07, 6.45) is -11.1. The average Bonchev–Trinajstić information content (AvgIpc) is 2.92. The molecule has 2 heterocycles. The highest BCUT2D eigenvalue weighted by molar-refractivity contribution is 5.78. The standard InChI is InChI=1S/C29H33F6N3O3/c1-19(22-14-23(28(30,31)32)16-24(15-22)29(33,34)35)41-26-8-9-38(17-25(26)21-6-4-3-5-7-21)27(40)18-36-10-12-37(13-11-36)20(2)39/h3-7,14-16,19,25-26H,8-13,17-18H2,1-2H3. The van der Waals surface area contributed by atoms with Crippen LogP contribution in [0.4, 0.5) is 26.3 Å². The van der Waals surface area contributed by atoms with Crippen molar-refractivity contribution in [1.82, 2.24) is 14.7 Å². The minimum Gasteiger partial charge on any atom is -0.370 e. The summed E-state index contributed by atoms with van der Waals surface area (Å²) in [6, 6.07) is 10.7. The number of benzene rings is 2. The molecule has 0 N–H and O–H groups in total. The van der Waals surface area contributed by atoms with Crippen molar-refractivity contribution in [1.29, 1.82) is 0 Å². The quantitative estimate of drug-likeness (QED) is 0.429. The van der Waals surface area contributed by atoms with Gasteiger partial charge in [0.05, 0.1) is 29.9 Å². The van der Waals surface area contributed by atoms with Crippen LogP contribution in [-0.2, 0) is 26.7 Å². The van der Waals surface area contributed by atoms with E-state index in [0.29, 0.717) is 57.8 Å². The van der Waals surface area contributed by atoms with Crippen molar-refractivity contribution in [2.24, 2.45) is 0 Å². The average molecular weight is 586 g/mol. The number of likely N-dealkylation sites (tertiary alicyclic amines) is 1. The third kappa shape index (κ3) is 7.79. The summed E-state index contributed by atoms with van der Waals surface area (Å²) >= 11 is 0. The molecule has 3 unspecified atom stereocenters. The van der Waals surface area contributed by atoms with Gasteiger partial charge in [0.1, 0.15) is 0 Å². The van der Waals surface area contributed by atoms with Crippen molar-refractivity contribution >= 4 is 11.8 Å². The van der Waals surface area contributed by atoms with Crippen molar-refractivity contribution in [2.45, 2.75) is 50.7 Å². The molecule has 0 spiro atoms. The molecule has 2 saturated heterocycles. The second-order valence-electron chi connectivity index (χ2n) is 10.6. The molecule has 0 aliphatic carbocycles. The lowest BCUT2D eigenvalue weighted by molar-refractivity contribution is -0.143. The van der Waals surface area contributed by atoms with Gasteiger partial charge in [0.2, 0.25) is 11.8 Å². The fourth-order valence-electron chi connectivity index (χ4n) is 5.41. The van der Waals surface area contributed by atoms with Crippen LogP contribution >= 0.6 is 0 Å². The van der Waals surface area contributed by atoms with Gasteiger partial charge in [-0.15, -0.1) is 0 Å². The Bertz CT molecular complexity index is 1180. The van der Waals surface area contributed by atoms with Crippen LogP contribution in [0.2, 0.25) is 0 Å². The van der Waals surface area contributed by atoms with Crippen LogP contribution in [0.25, 0.3) is 0 Å². The summed E-state index contributed by atoms with van der Waals surface area (Å²) in [4.78, 5) is 30.3. The molecule has 2 amide bonds. The first-order valence-electron chi connectivity index (χ1n) is 13.5. The Kier molecular flexibility index (Phi) is 9.32. The van der Waals surface area contributed by atoms with Crippen LogP contribution in [0, 0.1) is 0 Å². The van der Waals surface area contributed by atoms with E-state index >= 15 is 0 Å². The monoisotopic (exact) mass is 585 g/mol. The van der Waals surface area contributed by atoms with Crippen LogP contribution in [0.5, 0.6) is 0 Å². The van der Waals surface area contributed by atoms with Gasteiger partial charge >= 0.3 is 12.4 Å². The predicted octanol–water partition coefficient (Wildman–Crippen LogP) is 5.35. The van der Waals surface area contributed by atoms with Crippen LogP contribution in [-0.4, -0.2) is 78.4 Å². The fraction of sp³-hybridized carbons (Fsp3) is 0.517. The number of halogens is 6. The number of carbonyl (C=O) groups is 2. The van der Waals surface area contributed by atoms with Crippen molar-refractivity contribution in [3.63, 3.8) is 0 Å². The van der Waals surface area contributed by atoms with Crippen LogP contribution in [0.15, 0.2) is 48.5 Å². The van der Waals surface area contributed by atoms with Gasteiger partial charge in [0, 0.05) is 52.1 Å². The SMILES string of the molecule is CC(=O)N1CCN(CC(=O)N2CCC(OC(C)c3cc(C(F)(F)F)cc(C(F)(F)F)c3)C(c3ccccc3)C2)CC1. The molecule has 0 bridgehead atoms. The van der Waals surface area contributed by atoms with E-state index < -0.39 is 35.7 Å². The fourth-order valence-corrected chi connectivity index (χ4v) is 5.41. The molecule has 3 atom stereocenters. The zero-order valence-corrected chi connectivity index (χ0v) is 22.8. The number of hydrogen-bond donors (Lipinski definition) is 0. The number of amides is 2. The highest BCUT2D eigenvalue weighted by Crippen LogP contribution is 2.39. The lowest BCUT2D eigenvalue weighted by Crippen LogP contribution is -2.53. The molecule has 41 heavy (non-hydrogen) atoms. The first kappa shape index (κ1) is 30.8. The number of piperidine rings is 1. The Morgan fingerprint density at radius 3 is 2.00 bits per heavy atom. The van der Waals surface area contributed by atoms with Crippen molar-refractivity contribution in [3.8, 4) is 0 Å². The van der Waals surface area contributed by atoms with Gasteiger partial charge in [-0.3, -0.25) is 14.5 Å². The van der Waals surface area contributed by atoms with Gasteiger partial charge in [0.15, 0.2) is 0 Å². The van der Waals surface area contributed by atoms with Gasteiger partial charge in [0.25, 0.3) is 0 Å². The smallest absolute Gasteiger partial charge is 0.370 e. The Morgan fingerprint density at radius 2 is 1.46 bits per heavy atom. The minimum absolute atomic E-state index is 0.00209. The van der Waals surface area contributed by atoms with E-state index in [2.05, 4.69) is 0 Å². The Morgan fingerprint density at radius 1 is 0.878 bits per heavy atom. The van der Waals surface area contributed by atoms with Crippen LogP contribution < -0.4 is 0 Å². The predicted molar refractivity (Wildman–Crippen MR) is 139 cm³/mol. The molecule has 2 aliphatic rings.